The van der Waals surface area contributed by atoms with E-state index in [-0.39, 0.29) is 109 Å². The minimum atomic E-state index is -0.865. The minimum Gasteiger partial charge on any atom is -0.493 e. The molecule has 30 heteroatoms. The topological polar surface area (TPSA) is 341 Å². The van der Waals surface area contributed by atoms with Gasteiger partial charge in [0.2, 0.25) is 23.4 Å². The number of carbonyl (C=O) groups is 9. The van der Waals surface area contributed by atoms with Gasteiger partial charge in [-0.1, -0.05) is 61.2 Å². The van der Waals surface area contributed by atoms with E-state index in [1.165, 1.54) is 11.0 Å². The van der Waals surface area contributed by atoms with Gasteiger partial charge in [-0.3, -0.25) is 53.3 Å². The lowest BCUT2D eigenvalue weighted by Gasteiger charge is -2.42. The first-order valence-corrected chi connectivity index (χ1v) is 40.8. The predicted octanol–water partition coefficient (Wildman–Crippen LogP) is 13.9. The molecule has 0 spiro atoms. The van der Waals surface area contributed by atoms with E-state index >= 15 is 0 Å². The van der Waals surface area contributed by atoms with E-state index in [1.807, 2.05) is 129 Å². The number of pyridine rings is 2. The molecule has 0 aliphatic carbocycles. The third-order valence-electron chi connectivity index (χ3n) is 21.9. The highest BCUT2D eigenvalue weighted by molar-refractivity contribution is 6.08. The van der Waals surface area contributed by atoms with Crippen LogP contribution in [0.25, 0.3) is 22.3 Å². The molecule has 15 rings (SSSR count). The van der Waals surface area contributed by atoms with Gasteiger partial charge in [0.1, 0.15) is 29.5 Å². The van der Waals surface area contributed by atoms with Crippen LogP contribution < -0.4 is 35.6 Å². The van der Waals surface area contributed by atoms with Crippen LogP contribution in [0.5, 0.6) is 11.5 Å². The third kappa shape index (κ3) is 20.3. The Morgan fingerprint density at radius 1 is 0.545 bits per heavy atom. The van der Waals surface area contributed by atoms with Gasteiger partial charge in [0.05, 0.1) is 47.8 Å². The first-order valence-electron chi connectivity index (χ1n) is 40.8. The van der Waals surface area contributed by atoms with Crippen LogP contribution in [0, 0.1) is 13.8 Å². The van der Waals surface area contributed by atoms with Crippen LogP contribution in [0.4, 0.5) is 39.2 Å². The number of aromatic nitrogens is 8. The standard InChI is InChI=1S/C50H56N8O9.C41H42N8O5/c1-5-23-66-50(63)58-39-29-42(32(2)26-37(39)48(62)57-22-8-6-11-38(57)49(58)67-45-13-7-9-24-65-45)64-25-10-12-44(60)53-43-31-56(4)46(54-43)41(59)27-33-14-16-34(17-15-33)35-28-40(55(3)30-35)47(61)52-36-18-20-51-21-19-36;1-26-19-32-33(43-23-31-7-4-5-17-49(31)41(32)53)22-36(26)54-18-6-8-38(51)45-37-25-48(3)39(46-37)35(50)20-27-9-11-28(12-10-27)29-21-34(47(2)24-29)40(52)44-30-13-15-42-16-14-30/h5,14-21,26,28-31,38,45,49H,1,6-13,22-25,27H2,2-4H3,(H,53,60)(H,51,52,61);9-16,19,21-25,31H,4-8,17-18,20H2,1-3H3,(H,45,51)(H,42,44,52)/t38-,45?,49?;31-/m00/s1. The molecule has 7 amide bonds. The van der Waals surface area contributed by atoms with Crippen molar-refractivity contribution < 1.29 is 66.8 Å². The van der Waals surface area contributed by atoms with Gasteiger partial charge in [-0.05, 0) is 166 Å². The van der Waals surface area contributed by atoms with Gasteiger partial charge in [-0.25, -0.2) is 19.7 Å². The maximum atomic E-state index is 14.2. The summed E-state index contributed by atoms with van der Waals surface area (Å²) in [7, 11) is 7.05. The second-order valence-electron chi connectivity index (χ2n) is 30.8. The molecule has 5 aliphatic heterocycles. The van der Waals surface area contributed by atoms with Crippen molar-refractivity contribution in [1.29, 1.82) is 0 Å². The zero-order valence-corrected chi connectivity index (χ0v) is 68.6. The number of rotatable bonds is 28. The van der Waals surface area contributed by atoms with Gasteiger partial charge < -0.3 is 73.0 Å². The summed E-state index contributed by atoms with van der Waals surface area (Å²) in [5.41, 5.74) is 10.8. The molecule has 6 aromatic heterocycles. The van der Waals surface area contributed by atoms with Crippen molar-refractivity contribution in [3.8, 4) is 33.8 Å². The number of imidazole rings is 2. The number of carbonyl (C=O) groups excluding carboxylic acids is 9. The number of piperidine rings is 2. The van der Waals surface area contributed by atoms with Gasteiger partial charge in [0, 0.05) is 164 Å². The summed E-state index contributed by atoms with van der Waals surface area (Å²) in [6, 6.07) is 32.4. The maximum absolute atomic E-state index is 14.2. The van der Waals surface area contributed by atoms with Crippen LogP contribution in [0.3, 0.4) is 0 Å². The van der Waals surface area contributed by atoms with Gasteiger partial charge in [-0.15, -0.1) is 0 Å². The smallest absolute Gasteiger partial charge is 0.416 e. The van der Waals surface area contributed by atoms with E-state index in [0.717, 1.165) is 90.4 Å². The molecule has 5 aliphatic rings. The zero-order chi connectivity index (χ0) is 84.8. The Bertz CT molecular complexity index is 5530. The fourth-order valence-corrected chi connectivity index (χ4v) is 15.6. The lowest BCUT2D eigenvalue weighted by atomic mass is 10.00. The molecule has 0 saturated carbocycles. The van der Waals surface area contributed by atoms with Crippen molar-refractivity contribution in [2.75, 3.05) is 65.7 Å². The van der Waals surface area contributed by atoms with Crippen LogP contribution >= 0.6 is 0 Å². The fourth-order valence-electron chi connectivity index (χ4n) is 15.6. The van der Waals surface area contributed by atoms with Crippen LogP contribution in [-0.4, -0.2) is 171 Å². The lowest BCUT2D eigenvalue weighted by molar-refractivity contribution is -0.198. The Hall–Kier alpha value is -13.5. The summed E-state index contributed by atoms with van der Waals surface area (Å²) >= 11 is 0. The van der Waals surface area contributed by atoms with Crippen LogP contribution in [0.15, 0.2) is 176 Å². The van der Waals surface area contributed by atoms with Gasteiger partial charge in [0.25, 0.3) is 23.6 Å². The number of aliphatic imine (C=N–C) groups is 1. The number of hydrogen-bond donors (Lipinski definition) is 4. The molecule has 4 atom stereocenters. The van der Waals surface area contributed by atoms with E-state index in [9.17, 15) is 43.2 Å². The highest BCUT2D eigenvalue weighted by Crippen LogP contribution is 2.41. The van der Waals surface area contributed by atoms with E-state index < -0.39 is 24.7 Å². The Morgan fingerprint density at radius 2 is 1.05 bits per heavy atom. The number of hydrogen-bond acceptors (Lipinski definition) is 19. The number of fused-ring (bicyclic) bond motifs is 4. The van der Waals surface area contributed by atoms with Crippen molar-refractivity contribution in [3.63, 3.8) is 0 Å². The molecule has 0 radical (unpaired) electrons. The number of nitrogens with one attached hydrogen (secondary N) is 4. The van der Waals surface area contributed by atoms with Crippen molar-refractivity contribution in [2.45, 2.75) is 135 Å². The van der Waals surface area contributed by atoms with Gasteiger partial charge in [0.15, 0.2) is 35.8 Å². The highest BCUT2D eigenvalue weighted by Gasteiger charge is 2.47. The predicted molar refractivity (Wildman–Crippen MR) is 456 cm³/mol. The van der Waals surface area contributed by atoms with Crippen molar-refractivity contribution >= 4 is 93.7 Å². The number of anilines is 5. The minimum absolute atomic E-state index is 0.0109. The number of aryl methyl sites for hydroxylation is 6. The molecule has 121 heavy (non-hydrogen) atoms. The zero-order valence-electron chi connectivity index (χ0n) is 68.6. The summed E-state index contributed by atoms with van der Waals surface area (Å²) in [5, 5.41) is 11.3. The second kappa shape index (κ2) is 38.5. The summed E-state index contributed by atoms with van der Waals surface area (Å²) in [4.78, 5) is 146. The van der Waals surface area contributed by atoms with Crippen LogP contribution in [0.1, 0.15) is 169 Å². The molecule has 30 nitrogen and oxygen atoms in total. The number of Topliss-reactive ketones (excluding diaryl/α,β-unsaturated/α-hetero) is 2. The van der Waals surface area contributed by atoms with E-state index in [1.54, 1.807) is 106 Å². The number of ketones is 2. The van der Waals surface area contributed by atoms with Gasteiger partial charge in [-0.2, -0.15) is 0 Å². The molecule has 3 saturated heterocycles. The summed E-state index contributed by atoms with van der Waals surface area (Å²) in [6.07, 6.45) is 23.9. The van der Waals surface area contributed by atoms with Gasteiger partial charge >= 0.3 is 6.09 Å². The molecule has 626 valence electrons. The van der Waals surface area contributed by atoms with Crippen molar-refractivity contribution in [2.24, 2.45) is 33.2 Å². The number of benzene rings is 4. The largest absolute Gasteiger partial charge is 0.493 e. The van der Waals surface area contributed by atoms with Crippen LogP contribution in [-0.2, 0) is 64.8 Å². The normalized spacial score (nSPS) is 16.6. The summed E-state index contributed by atoms with van der Waals surface area (Å²) in [5.74, 6) is 0.461. The average molecular weight is 1640 g/mol. The Kier molecular flexibility index (Phi) is 26.7. The second-order valence-corrected chi connectivity index (χ2v) is 30.8. The molecular formula is C91H98N16O14. The summed E-state index contributed by atoms with van der Waals surface area (Å²) < 4.78 is 37.1. The van der Waals surface area contributed by atoms with E-state index in [4.69, 9.17) is 23.7 Å². The van der Waals surface area contributed by atoms with E-state index in [2.05, 4.69) is 52.8 Å². The first kappa shape index (κ1) is 84.0. The number of amides is 7. The van der Waals surface area contributed by atoms with Crippen molar-refractivity contribution in [1.82, 2.24) is 48.0 Å². The molecule has 4 aromatic carbocycles. The fraction of sp³-hybridized carbons (Fsp3) is 0.341. The number of ether oxygens (including phenoxy) is 5. The highest BCUT2D eigenvalue weighted by atomic mass is 16.7. The van der Waals surface area contributed by atoms with Crippen LogP contribution in [0.2, 0.25) is 0 Å². The number of nitrogens with zero attached hydrogens (tertiary/aromatic N) is 12. The quantitative estimate of drug-likeness (QED) is 0.0201. The average Bonchev–Trinajstić information content (AvgIpc) is 1.61. The molecule has 11 heterocycles. The Balaban J connectivity index is 0.000000202. The molecule has 0 bridgehead atoms. The monoisotopic (exact) mass is 1640 g/mol. The first-order chi connectivity index (χ1) is 58.6. The van der Waals surface area contributed by atoms with E-state index in [0.29, 0.717) is 114 Å². The third-order valence-corrected chi connectivity index (χ3v) is 21.9. The Morgan fingerprint density at radius 3 is 1.58 bits per heavy atom. The molecule has 3 fully saturated rings. The maximum Gasteiger partial charge on any atom is 0.416 e. The lowest BCUT2D eigenvalue weighted by Crippen LogP contribution is -2.57. The van der Waals surface area contributed by atoms with Crippen molar-refractivity contribution in [3.05, 3.63) is 228 Å². The Labute approximate surface area is 700 Å². The molecular weight excluding hydrogens is 1540 g/mol. The molecule has 4 N–H and O–H groups in total. The SMILES string of the molecule is C=CCOC(=O)N1c2cc(OCCCC(=O)Nc3cn(C)c(C(=O)Cc4ccc(-c5cc(C(=O)Nc6ccncc6)n(C)c5)cc4)n3)c(C)cc2C(=O)N2CCCC[C@H]2C1OC1CCCCO1.Cc1cc2c(cc1OCCCC(=O)Nc1cn(C)c(C(=O)Cc3ccc(-c4cc(C(=O)Nc5ccncc5)n(C)c4)cc3)n1)N=C[C@@H]1CCCCN1C2=O. The molecule has 10 aromatic rings. The summed E-state index contributed by atoms with van der Waals surface area (Å²) in [6.45, 7) is 9.70. The molecule has 2 unspecified atom stereocenters.